The van der Waals surface area contributed by atoms with E-state index in [0.29, 0.717) is 22.3 Å². The number of halogens is 2. The standard InChI is InChI=1S/C15H19ClFN3O/c1-14(2,15(3,4)18)13-19-12(20-21-13)8-9-10(16)6-5-7-11(9)17/h5-7H,8,18H2,1-4H3. The Morgan fingerprint density at radius 1 is 1.29 bits per heavy atom. The molecule has 114 valence electrons. The van der Waals surface area contributed by atoms with Crippen LogP contribution in [0, 0.1) is 5.82 Å². The van der Waals surface area contributed by atoms with Crippen LogP contribution in [0.4, 0.5) is 4.39 Å². The first-order chi connectivity index (χ1) is 9.63. The molecule has 0 aliphatic heterocycles. The molecule has 2 rings (SSSR count). The van der Waals surface area contributed by atoms with Gasteiger partial charge in [-0.3, -0.25) is 0 Å². The molecule has 4 nitrogen and oxygen atoms in total. The fourth-order valence-electron chi connectivity index (χ4n) is 1.71. The molecule has 2 N–H and O–H groups in total. The topological polar surface area (TPSA) is 64.9 Å². The van der Waals surface area contributed by atoms with Crippen LogP contribution in [0.25, 0.3) is 0 Å². The minimum absolute atomic E-state index is 0.177. The molecule has 0 amide bonds. The summed E-state index contributed by atoms with van der Waals surface area (Å²) in [6, 6.07) is 4.55. The van der Waals surface area contributed by atoms with Gasteiger partial charge in [0.05, 0.1) is 5.41 Å². The van der Waals surface area contributed by atoms with Crippen LogP contribution in [0.15, 0.2) is 22.7 Å². The molecule has 0 spiro atoms. The largest absolute Gasteiger partial charge is 0.339 e. The number of nitrogens with zero attached hydrogens (tertiary/aromatic N) is 2. The van der Waals surface area contributed by atoms with Crippen LogP contribution < -0.4 is 5.73 Å². The number of benzene rings is 1. The lowest BCUT2D eigenvalue weighted by Crippen LogP contribution is -2.50. The van der Waals surface area contributed by atoms with Crippen LogP contribution in [-0.4, -0.2) is 15.7 Å². The Morgan fingerprint density at radius 2 is 1.95 bits per heavy atom. The molecule has 0 bridgehead atoms. The van der Waals surface area contributed by atoms with E-state index in [2.05, 4.69) is 10.1 Å². The van der Waals surface area contributed by atoms with Gasteiger partial charge in [0.15, 0.2) is 5.82 Å². The predicted molar refractivity (Wildman–Crippen MR) is 79.8 cm³/mol. The summed E-state index contributed by atoms with van der Waals surface area (Å²) in [5.41, 5.74) is 5.47. The maximum absolute atomic E-state index is 13.8. The zero-order valence-electron chi connectivity index (χ0n) is 12.6. The van der Waals surface area contributed by atoms with E-state index in [1.807, 2.05) is 27.7 Å². The highest BCUT2D eigenvalue weighted by molar-refractivity contribution is 6.31. The molecule has 0 aliphatic carbocycles. The van der Waals surface area contributed by atoms with Crippen molar-refractivity contribution < 1.29 is 8.91 Å². The lowest BCUT2D eigenvalue weighted by Gasteiger charge is -2.34. The Labute approximate surface area is 128 Å². The van der Waals surface area contributed by atoms with Gasteiger partial charge in [-0.25, -0.2) is 4.39 Å². The van der Waals surface area contributed by atoms with E-state index in [9.17, 15) is 4.39 Å². The first-order valence-electron chi connectivity index (χ1n) is 6.68. The van der Waals surface area contributed by atoms with Gasteiger partial charge in [-0.2, -0.15) is 4.98 Å². The van der Waals surface area contributed by atoms with Crippen molar-refractivity contribution in [2.24, 2.45) is 5.73 Å². The van der Waals surface area contributed by atoms with E-state index < -0.39 is 11.0 Å². The van der Waals surface area contributed by atoms with Crippen LogP contribution in [0.1, 0.15) is 45.0 Å². The van der Waals surface area contributed by atoms with Crippen LogP contribution in [0.5, 0.6) is 0 Å². The van der Waals surface area contributed by atoms with E-state index in [-0.39, 0.29) is 12.2 Å². The second-order valence-corrected chi connectivity index (χ2v) is 6.65. The van der Waals surface area contributed by atoms with Gasteiger partial charge >= 0.3 is 0 Å². The minimum Gasteiger partial charge on any atom is -0.339 e. The number of nitrogens with two attached hydrogens (primary N) is 1. The van der Waals surface area contributed by atoms with Gasteiger partial charge in [0.1, 0.15) is 5.82 Å². The van der Waals surface area contributed by atoms with Crippen LogP contribution in [0.3, 0.4) is 0 Å². The Hall–Kier alpha value is -1.46. The van der Waals surface area contributed by atoms with Crippen LogP contribution >= 0.6 is 11.6 Å². The second kappa shape index (κ2) is 5.39. The average Bonchev–Trinajstić information content (AvgIpc) is 2.82. The van der Waals surface area contributed by atoms with Gasteiger partial charge in [0.25, 0.3) is 0 Å². The molecule has 1 heterocycles. The van der Waals surface area contributed by atoms with E-state index in [0.717, 1.165) is 0 Å². The molecule has 0 saturated carbocycles. The highest BCUT2D eigenvalue weighted by Crippen LogP contribution is 2.32. The van der Waals surface area contributed by atoms with Gasteiger partial charge in [0.2, 0.25) is 5.89 Å². The summed E-state index contributed by atoms with van der Waals surface area (Å²) in [4.78, 5) is 4.34. The molecule has 0 aliphatic rings. The summed E-state index contributed by atoms with van der Waals surface area (Å²) >= 11 is 6.00. The van der Waals surface area contributed by atoms with Gasteiger partial charge < -0.3 is 10.3 Å². The highest BCUT2D eigenvalue weighted by atomic mass is 35.5. The van der Waals surface area contributed by atoms with Crippen molar-refractivity contribution in [3.63, 3.8) is 0 Å². The number of aromatic nitrogens is 2. The molecule has 0 saturated heterocycles. The summed E-state index contributed by atoms with van der Waals surface area (Å²) in [5, 5.41) is 4.25. The molecule has 0 atom stereocenters. The van der Waals surface area contributed by atoms with Crippen LogP contribution in [0.2, 0.25) is 5.02 Å². The number of hydrogen-bond acceptors (Lipinski definition) is 4. The zero-order chi connectivity index (χ0) is 15.8. The lowest BCUT2D eigenvalue weighted by atomic mass is 9.75. The van der Waals surface area contributed by atoms with Crippen molar-refractivity contribution in [1.29, 1.82) is 0 Å². The summed E-state index contributed by atoms with van der Waals surface area (Å²) in [6.45, 7) is 7.65. The summed E-state index contributed by atoms with van der Waals surface area (Å²) in [6.07, 6.45) is 0.177. The maximum atomic E-state index is 13.8. The molecular formula is C15H19ClFN3O. The number of rotatable bonds is 4. The fourth-order valence-corrected chi connectivity index (χ4v) is 1.94. The van der Waals surface area contributed by atoms with Crippen molar-refractivity contribution in [3.05, 3.63) is 46.3 Å². The first kappa shape index (κ1) is 15.9. The van der Waals surface area contributed by atoms with Crippen molar-refractivity contribution in [2.75, 3.05) is 0 Å². The van der Waals surface area contributed by atoms with Crippen molar-refractivity contribution in [2.45, 2.75) is 45.1 Å². The van der Waals surface area contributed by atoms with E-state index in [1.165, 1.54) is 6.07 Å². The van der Waals surface area contributed by atoms with E-state index >= 15 is 0 Å². The SMILES string of the molecule is CC(C)(N)C(C)(C)c1nc(Cc2c(F)cccc2Cl)no1. The molecule has 1 aromatic carbocycles. The third-order valence-corrected chi connectivity index (χ3v) is 4.36. The lowest BCUT2D eigenvalue weighted by molar-refractivity contribution is 0.222. The third-order valence-electron chi connectivity index (χ3n) is 4.01. The minimum atomic E-state index is -0.535. The fraction of sp³-hybridized carbons (Fsp3) is 0.467. The van der Waals surface area contributed by atoms with E-state index in [4.69, 9.17) is 21.9 Å². The van der Waals surface area contributed by atoms with Gasteiger partial charge in [-0.1, -0.05) is 22.8 Å². The quantitative estimate of drug-likeness (QED) is 0.939. The molecule has 0 radical (unpaired) electrons. The molecule has 21 heavy (non-hydrogen) atoms. The van der Waals surface area contributed by atoms with Crippen molar-refractivity contribution >= 4 is 11.6 Å². The molecule has 2 aromatic rings. The zero-order valence-corrected chi connectivity index (χ0v) is 13.3. The highest BCUT2D eigenvalue weighted by Gasteiger charge is 2.40. The Bertz CT molecular complexity index is 626. The summed E-state index contributed by atoms with van der Waals surface area (Å²) in [5.74, 6) is 0.430. The summed E-state index contributed by atoms with van der Waals surface area (Å²) < 4.78 is 19.1. The van der Waals surface area contributed by atoms with E-state index in [1.54, 1.807) is 12.1 Å². The molecule has 6 heteroatoms. The predicted octanol–water partition coefficient (Wildman–Crippen LogP) is 3.47. The monoisotopic (exact) mass is 311 g/mol. The Kier molecular flexibility index (Phi) is 4.08. The van der Waals surface area contributed by atoms with Gasteiger partial charge in [0, 0.05) is 22.5 Å². The number of hydrogen-bond donors (Lipinski definition) is 1. The summed E-state index contributed by atoms with van der Waals surface area (Å²) in [7, 11) is 0. The molecule has 1 aromatic heterocycles. The van der Waals surface area contributed by atoms with Crippen molar-refractivity contribution in [1.82, 2.24) is 10.1 Å². The van der Waals surface area contributed by atoms with Gasteiger partial charge in [-0.05, 0) is 39.8 Å². The maximum Gasteiger partial charge on any atom is 0.234 e. The molecular weight excluding hydrogens is 293 g/mol. The molecule has 0 unspecified atom stereocenters. The second-order valence-electron chi connectivity index (χ2n) is 6.24. The Morgan fingerprint density at radius 3 is 2.52 bits per heavy atom. The van der Waals surface area contributed by atoms with Crippen LogP contribution in [-0.2, 0) is 11.8 Å². The van der Waals surface area contributed by atoms with Gasteiger partial charge in [-0.15, -0.1) is 0 Å². The molecule has 0 fully saturated rings. The van der Waals surface area contributed by atoms with Crippen molar-refractivity contribution in [3.8, 4) is 0 Å². The average molecular weight is 312 g/mol. The Balaban J connectivity index is 2.30. The first-order valence-corrected chi connectivity index (χ1v) is 7.05. The smallest absolute Gasteiger partial charge is 0.234 e. The third kappa shape index (κ3) is 3.09. The normalized spacial score (nSPS) is 12.7.